The van der Waals surface area contributed by atoms with Gasteiger partial charge in [0, 0.05) is 42.8 Å². The molecule has 6 heteroatoms. The zero-order valence-electron chi connectivity index (χ0n) is 16.2. The number of amides is 1. The van der Waals surface area contributed by atoms with Gasteiger partial charge < -0.3 is 20.4 Å². The van der Waals surface area contributed by atoms with Gasteiger partial charge in [-0.3, -0.25) is 4.79 Å². The number of hydrogen-bond donors (Lipinski definition) is 2. The summed E-state index contributed by atoms with van der Waals surface area (Å²) in [5.41, 5.74) is 2.84. The van der Waals surface area contributed by atoms with Crippen molar-refractivity contribution < 1.29 is 4.79 Å². The van der Waals surface area contributed by atoms with Crippen molar-refractivity contribution in [1.29, 1.82) is 0 Å². The third-order valence-electron chi connectivity index (χ3n) is 4.70. The van der Waals surface area contributed by atoms with Gasteiger partial charge in [0.25, 0.3) is 5.91 Å². The van der Waals surface area contributed by atoms with Gasteiger partial charge in [-0.15, -0.1) is 0 Å². The summed E-state index contributed by atoms with van der Waals surface area (Å²) in [6.45, 7) is 3.90. The van der Waals surface area contributed by atoms with Crippen molar-refractivity contribution >= 4 is 23.1 Å². The number of anilines is 3. The quantitative estimate of drug-likeness (QED) is 0.702. The smallest absolute Gasteiger partial charge is 0.251 e. The van der Waals surface area contributed by atoms with E-state index in [0.29, 0.717) is 17.9 Å². The molecule has 1 aromatic heterocycles. The summed E-state index contributed by atoms with van der Waals surface area (Å²) < 4.78 is 0. The summed E-state index contributed by atoms with van der Waals surface area (Å²) in [4.78, 5) is 21.1. The van der Waals surface area contributed by atoms with E-state index < -0.39 is 0 Å². The normalized spacial score (nSPS) is 13.8. The lowest BCUT2D eigenvalue weighted by Gasteiger charge is -2.18. The molecule has 1 amide bonds. The van der Waals surface area contributed by atoms with Gasteiger partial charge in [0.1, 0.15) is 5.82 Å². The van der Waals surface area contributed by atoms with Crippen LogP contribution in [0.25, 0.3) is 0 Å². The molecule has 0 spiro atoms. The van der Waals surface area contributed by atoms with E-state index in [1.807, 2.05) is 14.1 Å². The summed E-state index contributed by atoms with van der Waals surface area (Å²) >= 11 is 0. The van der Waals surface area contributed by atoms with Crippen LogP contribution >= 0.6 is 0 Å². The maximum atomic E-state index is 12.3. The second kappa shape index (κ2) is 9.37. The highest BCUT2D eigenvalue weighted by Gasteiger charge is 2.12. The second-order valence-electron chi connectivity index (χ2n) is 7.21. The predicted molar refractivity (Wildman–Crippen MR) is 111 cm³/mol. The van der Waals surface area contributed by atoms with Gasteiger partial charge in [0.05, 0.1) is 0 Å². The lowest BCUT2D eigenvalue weighted by atomic mass is 10.2. The number of rotatable bonds is 8. The van der Waals surface area contributed by atoms with Crippen LogP contribution < -0.4 is 15.5 Å². The van der Waals surface area contributed by atoms with Crippen molar-refractivity contribution in [2.75, 3.05) is 50.5 Å². The molecule has 1 aromatic carbocycles. The molecule has 2 heterocycles. The first kappa shape index (κ1) is 19.2. The van der Waals surface area contributed by atoms with Gasteiger partial charge in [-0.1, -0.05) is 0 Å². The second-order valence-corrected chi connectivity index (χ2v) is 7.21. The average Bonchev–Trinajstić information content (AvgIpc) is 3.20. The molecule has 1 aliphatic heterocycles. The van der Waals surface area contributed by atoms with Crippen molar-refractivity contribution in [2.45, 2.75) is 19.3 Å². The summed E-state index contributed by atoms with van der Waals surface area (Å²) in [6, 6.07) is 11.9. The molecule has 0 saturated carbocycles. The number of nitrogens with zero attached hydrogens (tertiary/aromatic N) is 3. The third-order valence-corrected chi connectivity index (χ3v) is 4.70. The molecule has 2 aromatic rings. The van der Waals surface area contributed by atoms with Crippen LogP contribution in [-0.2, 0) is 0 Å². The highest BCUT2D eigenvalue weighted by Crippen LogP contribution is 2.23. The molecule has 1 saturated heterocycles. The van der Waals surface area contributed by atoms with Crippen LogP contribution in [0.3, 0.4) is 0 Å². The fourth-order valence-corrected chi connectivity index (χ4v) is 3.22. The molecule has 1 aliphatic rings. The Bertz CT molecular complexity index is 738. The standard InChI is InChI=1S/C21H29N5O/c1-25(2)13-5-11-23-21(27)17-10-12-22-20(16-17)24-18-6-8-19(9-7-18)26-14-3-4-15-26/h6-10,12,16H,3-5,11,13-15H2,1-2H3,(H,22,24)(H,23,27). The van der Waals surface area contributed by atoms with Crippen molar-refractivity contribution in [3.63, 3.8) is 0 Å². The molecule has 1 fully saturated rings. The van der Waals surface area contributed by atoms with E-state index >= 15 is 0 Å². The van der Waals surface area contributed by atoms with Crippen LogP contribution in [0.5, 0.6) is 0 Å². The van der Waals surface area contributed by atoms with E-state index in [1.165, 1.54) is 18.5 Å². The molecule has 27 heavy (non-hydrogen) atoms. The van der Waals surface area contributed by atoms with Crippen LogP contribution in [0.1, 0.15) is 29.6 Å². The summed E-state index contributed by atoms with van der Waals surface area (Å²) in [6.07, 6.45) is 5.13. The van der Waals surface area contributed by atoms with Crippen LogP contribution in [-0.4, -0.2) is 56.1 Å². The molecule has 0 bridgehead atoms. The van der Waals surface area contributed by atoms with E-state index in [2.05, 4.69) is 49.7 Å². The minimum Gasteiger partial charge on any atom is -0.372 e. The Morgan fingerprint density at radius 2 is 1.89 bits per heavy atom. The molecule has 3 rings (SSSR count). The molecule has 6 nitrogen and oxygen atoms in total. The number of carbonyl (C=O) groups excluding carboxylic acids is 1. The molecule has 0 radical (unpaired) electrons. The summed E-state index contributed by atoms with van der Waals surface area (Å²) in [7, 11) is 4.06. The summed E-state index contributed by atoms with van der Waals surface area (Å²) in [5, 5.41) is 6.24. The Hall–Kier alpha value is -2.60. The number of hydrogen-bond acceptors (Lipinski definition) is 5. The fraction of sp³-hybridized carbons (Fsp3) is 0.429. The molecule has 144 valence electrons. The van der Waals surface area contributed by atoms with Crippen LogP contribution in [0.4, 0.5) is 17.2 Å². The average molecular weight is 367 g/mol. The van der Waals surface area contributed by atoms with Crippen molar-refractivity contribution in [3.8, 4) is 0 Å². The Labute approximate surface area is 161 Å². The van der Waals surface area contributed by atoms with E-state index in [-0.39, 0.29) is 5.91 Å². The largest absolute Gasteiger partial charge is 0.372 e. The van der Waals surface area contributed by atoms with E-state index in [1.54, 1.807) is 18.3 Å². The molecule has 0 aliphatic carbocycles. The monoisotopic (exact) mass is 367 g/mol. The van der Waals surface area contributed by atoms with Gasteiger partial charge in [0.2, 0.25) is 0 Å². The Kier molecular flexibility index (Phi) is 6.65. The third kappa shape index (κ3) is 5.69. The zero-order chi connectivity index (χ0) is 19.1. The predicted octanol–water partition coefficient (Wildman–Crippen LogP) is 3.11. The van der Waals surface area contributed by atoms with E-state index in [0.717, 1.165) is 31.7 Å². The Balaban J connectivity index is 1.56. The number of benzene rings is 1. The maximum absolute atomic E-state index is 12.3. The molecule has 2 N–H and O–H groups in total. The van der Waals surface area contributed by atoms with Gasteiger partial charge in [0.15, 0.2) is 0 Å². The minimum absolute atomic E-state index is 0.0661. The molecular weight excluding hydrogens is 338 g/mol. The minimum atomic E-state index is -0.0661. The van der Waals surface area contributed by atoms with Gasteiger partial charge >= 0.3 is 0 Å². The van der Waals surface area contributed by atoms with E-state index in [9.17, 15) is 4.79 Å². The fourth-order valence-electron chi connectivity index (χ4n) is 3.22. The summed E-state index contributed by atoms with van der Waals surface area (Å²) in [5.74, 6) is 0.605. The Morgan fingerprint density at radius 1 is 1.15 bits per heavy atom. The van der Waals surface area contributed by atoms with Gasteiger partial charge in [-0.2, -0.15) is 0 Å². The van der Waals surface area contributed by atoms with E-state index in [4.69, 9.17) is 0 Å². The number of aromatic nitrogens is 1. The van der Waals surface area contributed by atoms with Gasteiger partial charge in [-0.25, -0.2) is 4.98 Å². The first-order valence-corrected chi connectivity index (χ1v) is 9.63. The first-order chi connectivity index (χ1) is 13.1. The Morgan fingerprint density at radius 3 is 2.59 bits per heavy atom. The number of pyridine rings is 1. The first-order valence-electron chi connectivity index (χ1n) is 9.63. The van der Waals surface area contributed by atoms with Crippen molar-refractivity contribution in [1.82, 2.24) is 15.2 Å². The topological polar surface area (TPSA) is 60.5 Å². The van der Waals surface area contributed by atoms with Crippen LogP contribution in [0, 0.1) is 0 Å². The van der Waals surface area contributed by atoms with Crippen molar-refractivity contribution in [2.24, 2.45) is 0 Å². The number of nitrogens with one attached hydrogen (secondary N) is 2. The highest BCUT2D eigenvalue weighted by atomic mass is 16.1. The molecular formula is C21H29N5O. The maximum Gasteiger partial charge on any atom is 0.251 e. The molecule has 0 atom stereocenters. The van der Waals surface area contributed by atoms with Gasteiger partial charge in [-0.05, 0) is 76.3 Å². The zero-order valence-corrected chi connectivity index (χ0v) is 16.2. The highest BCUT2D eigenvalue weighted by molar-refractivity contribution is 5.94. The van der Waals surface area contributed by atoms with Crippen LogP contribution in [0.15, 0.2) is 42.6 Å². The number of carbonyl (C=O) groups is 1. The molecule has 0 unspecified atom stereocenters. The lowest BCUT2D eigenvalue weighted by molar-refractivity contribution is 0.0952. The van der Waals surface area contributed by atoms with Crippen LogP contribution in [0.2, 0.25) is 0 Å². The lowest BCUT2D eigenvalue weighted by Crippen LogP contribution is -2.27. The SMILES string of the molecule is CN(C)CCCNC(=O)c1ccnc(Nc2ccc(N3CCCC3)cc2)c1. The van der Waals surface area contributed by atoms with Crippen molar-refractivity contribution in [3.05, 3.63) is 48.2 Å².